The summed E-state index contributed by atoms with van der Waals surface area (Å²) < 4.78 is 5.54. The topological polar surface area (TPSA) is 21.3 Å². The van der Waals surface area contributed by atoms with Crippen LogP contribution in [0, 0.1) is 0 Å². The Morgan fingerprint density at radius 2 is 2.20 bits per heavy atom. The van der Waals surface area contributed by atoms with E-state index in [9.17, 15) is 0 Å². The molecule has 1 heterocycles. The van der Waals surface area contributed by atoms with E-state index in [0.717, 1.165) is 19.8 Å². The SMILES string of the molecule is CCCN[C@H]1COCc2ccccc21.Cl. The summed E-state index contributed by atoms with van der Waals surface area (Å²) in [7, 11) is 0. The molecule has 0 aromatic heterocycles. The first-order valence-corrected chi connectivity index (χ1v) is 5.30. The molecule has 0 unspecified atom stereocenters. The standard InChI is InChI=1S/C12H17NO.ClH/c1-2-7-13-12-9-14-8-10-5-3-4-6-11(10)12;/h3-6,12-13H,2,7-9H2,1H3;1H/t12-;/m0./s1. The zero-order valence-corrected chi connectivity index (χ0v) is 9.85. The van der Waals surface area contributed by atoms with Crippen LogP contribution in [0.1, 0.15) is 30.5 Å². The van der Waals surface area contributed by atoms with E-state index in [1.165, 1.54) is 17.5 Å². The van der Waals surface area contributed by atoms with E-state index in [1.807, 2.05) is 0 Å². The molecule has 84 valence electrons. The summed E-state index contributed by atoms with van der Waals surface area (Å²) in [5.74, 6) is 0. The minimum Gasteiger partial charge on any atom is -0.375 e. The number of nitrogens with one attached hydrogen (secondary N) is 1. The van der Waals surface area contributed by atoms with Gasteiger partial charge in [0, 0.05) is 0 Å². The Kier molecular flexibility index (Phi) is 5.09. The Balaban J connectivity index is 0.00000112. The van der Waals surface area contributed by atoms with Crippen LogP contribution in [-0.4, -0.2) is 13.2 Å². The predicted octanol–water partition coefficient (Wildman–Crippen LogP) is 2.68. The van der Waals surface area contributed by atoms with Crippen molar-refractivity contribution in [3.8, 4) is 0 Å². The smallest absolute Gasteiger partial charge is 0.0721 e. The number of benzene rings is 1. The number of fused-ring (bicyclic) bond motifs is 1. The van der Waals surface area contributed by atoms with E-state index < -0.39 is 0 Å². The second kappa shape index (κ2) is 6.11. The molecule has 1 aromatic rings. The van der Waals surface area contributed by atoms with E-state index in [0.29, 0.717) is 6.04 Å². The molecule has 0 bridgehead atoms. The Morgan fingerprint density at radius 3 is 3.00 bits per heavy atom. The zero-order chi connectivity index (χ0) is 9.80. The minimum absolute atomic E-state index is 0. The summed E-state index contributed by atoms with van der Waals surface area (Å²) in [4.78, 5) is 0. The van der Waals surface area contributed by atoms with Crippen LogP contribution in [0.4, 0.5) is 0 Å². The molecule has 0 spiro atoms. The van der Waals surface area contributed by atoms with Crippen molar-refractivity contribution >= 4 is 12.4 Å². The Bertz CT molecular complexity index is 303. The Labute approximate surface area is 97.4 Å². The number of hydrogen-bond donors (Lipinski definition) is 1. The van der Waals surface area contributed by atoms with Crippen molar-refractivity contribution in [1.29, 1.82) is 0 Å². The molecule has 2 rings (SSSR count). The third-order valence-electron chi connectivity index (χ3n) is 2.61. The van der Waals surface area contributed by atoms with Crippen molar-refractivity contribution in [2.45, 2.75) is 26.0 Å². The number of halogens is 1. The molecule has 0 saturated heterocycles. The molecule has 1 atom stereocenters. The van der Waals surface area contributed by atoms with Crippen molar-refractivity contribution in [3.63, 3.8) is 0 Å². The maximum absolute atomic E-state index is 5.54. The molecule has 15 heavy (non-hydrogen) atoms. The van der Waals surface area contributed by atoms with Gasteiger partial charge in [0.05, 0.1) is 19.3 Å². The van der Waals surface area contributed by atoms with E-state index in [2.05, 4.69) is 36.5 Å². The van der Waals surface area contributed by atoms with Gasteiger partial charge in [-0.1, -0.05) is 31.2 Å². The van der Waals surface area contributed by atoms with Crippen LogP contribution in [0.2, 0.25) is 0 Å². The highest BCUT2D eigenvalue weighted by Gasteiger charge is 2.18. The fraction of sp³-hybridized carbons (Fsp3) is 0.500. The van der Waals surface area contributed by atoms with Gasteiger partial charge in [0.15, 0.2) is 0 Å². The molecule has 0 fully saturated rings. The van der Waals surface area contributed by atoms with Gasteiger partial charge in [0.2, 0.25) is 0 Å². The van der Waals surface area contributed by atoms with Crippen LogP contribution in [0.3, 0.4) is 0 Å². The summed E-state index contributed by atoms with van der Waals surface area (Å²) in [5.41, 5.74) is 2.74. The lowest BCUT2D eigenvalue weighted by Gasteiger charge is -2.26. The van der Waals surface area contributed by atoms with Gasteiger partial charge in [0.1, 0.15) is 0 Å². The first-order chi connectivity index (χ1) is 6.92. The van der Waals surface area contributed by atoms with Gasteiger partial charge in [-0.15, -0.1) is 12.4 Å². The highest BCUT2D eigenvalue weighted by atomic mass is 35.5. The molecule has 0 saturated carbocycles. The summed E-state index contributed by atoms with van der Waals surface area (Å²) in [6.07, 6.45) is 1.17. The van der Waals surface area contributed by atoms with Gasteiger partial charge >= 0.3 is 0 Å². The first-order valence-electron chi connectivity index (χ1n) is 5.30. The largest absolute Gasteiger partial charge is 0.375 e. The van der Waals surface area contributed by atoms with Crippen LogP contribution in [0.5, 0.6) is 0 Å². The van der Waals surface area contributed by atoms with Crippen molar-refractivity contribution in [2.75, 3.05) is 13.2 Å². The van der Waals surface area contributed by atoms with Crippen LogP contribution in [-0.2, 0) is 11.3 Å². The van der Waals surface area contributed by atoms with Crippen LogP contribution < -0.4 is 5.32 Å². The molecule has 2 nitrogen and oxygen atoms in total. The second-order valence-corrected chi connectivity index (χ2v) is 3.72. The monoisotopic (exact) mass is 227 g/mol. The minimum atomic E-state index is 0. The Morgan fingerprint density at radius 1 is 1.40 bits per heavy atom. The normalized spacial score (nSPS) is 19.1. The maximum Gasteiger partial charge on any atom is 0.0721 e. The van der Waals surface area contributed by atoms with Crippen LogP contribution >= 0.6 is 12.4 Å². The average Bonchev–Trinajstić information content (AvgIpc) is 2.26. The van der Waals surface area contributed by atoms with Gasteiger partial charge in [-0.2, -0.15) is 0 Å². The van der Waals surface area contributed by atoms with Gasteiger partial charge < -0.3 is 10.1 Å². The van der Waals surface area contributed by atoms with Crippen LogP contribution in [0.25, 0.3) is 0 Å². The molecule has 0 amide bonds. The zero-order valence-electron chi connectivity index (χ0n) is 9.03. The molecular weight excluding hydrogens is 210 g/mol. The van der Waals surface area contributed by atoms with E-state index >= 15 is 0 Å². The Hall–Kier alpha value is -0.570. The number of hydrogen-bond acceptors (Lipinski definition) is 2. The van der Waals surface area contributed by atoms with E-state index in [1.54, 1.807) is 0 Å². The van der Waals surface area contributed by atoms with Crippen LogP contribution in [0.15, 0.2) is 24.3 Å². The molecular formula is C12H18ClNO. The number of rotatable bonds is 3. The lowest BCUT2D eigenvalue weighted by atomic mass is 9.99. The first kappa shape index (κ1) is 12.5. The predicted molar refractivity (Wildman–Crippen MR) is 64.4 cm³/mol. The highest BCUT2D eigenvalue weighted by molar-refractivity contribution is 5.85. The van der Waals surface area contributed by atoms with Crippen molar-refractivity contribution < 1.29 is 4.74 Å². The van der Waals surface area contributed by atoms with E-state index in [4.69, 9.17) is 4.74 Å². The summed E-state index contributed by atoms with van der Waals surface area (Å²) >= 11 is 0. The fourth-order valence-corrected chi connectivity index (χ4v) is 1.87. The van der Waals surface area contributed by atoms with Gasteiger partial charge in [-0.05, 0) is 24.1 Å². The fourth-order valence-electron chi connectivity index (χ4n) is 1.87. The van der Waals surface area contributed by atoms with Gasteiger partial charge in [0.25, 0.3) is 0 Å². The van der Waals surface area contributed by atoms with E-state index in [-0.39, 0.29) is 12.4 Å². The van der Waals surface area contributed by atoms with Crippen molar-refractivity contribution in [1.82, 2.24) is 5.32 Å². The molecule has 0 aliphatic carbocycles. The van der Waals surface area contributed by atoms with Gasteiger partial charge in [-0.25, -0.2) is 0 Å². The molecule has 1 aliphatic heterocycles. The summed E-state index contributed by atoms with van der Waals surface area (Å²) in [6.45, 7) is 4.81. The molecule has 3 heteroatoms. The maximum atomic E-state index is 5.54. The van der Waals surface area contributed by atoms with Gasteiger partial charge in [-0.3, -0.25) is 0 Å². The number of ether oxygens (including phenoxy) is 1. The average molecular weight is 228 g/mol. The molecule has 1 N–H and O–H groups in total. The molecule has 1 aliphatic rings. The van der Waals surface area contributed by atoms with Crippen molar-refractivity contribution in [2.24, 2.45) is 0 Å². The summed E-state index contributed by atoms with van der Waals surface area (Å²) in [5, 5.41) is 3.50. The molecule has 0 radical (unpaired) electrons. The highest BCUT2D eigenvalue weighted by Crippen LogP contribution is 2.23. The second-order valence-electron chi connectivity index (χ2n) is 3.72. The van der Waals surface area contributed by atoms with Crippen molar-refractivity contribution in [3.05, 3.63) is 35.4 Å². The third-order valence-corrected chi connectivity index (χ3v) is 2.61. The lowest BCUT2D eigenvalue weighted by Crippen LogP contribution is -2.30. The quantitative estimate of drug-likeness (QED) is 0.858. The third kappa shape index (κ3) is 2.94. The lowest BCUT2D eigenvalue weighted by molar-refractivity contribution is 0.0823. The summed E-state index contributed by atoms with van der Waals surface area (Å²) in [6, 6.07) is 8.91. The molecule has 1 aromatic carbocycles.